The third-order valence-electron chi connectivity index (χ3n) is 9.89. The van der Waals surface area contributed by atoms with Crippen LogP contribution in [0.3, 0.4) is 0 Å². The molecular formula is C42H28N2OS. The molecule has 3 heterocycles. The number of benzene rings is 6. The van der Waals surface area contributed by atoms with Gasteiger partial charge in [0.05, 0.1) is 17.1 Å². The maximum Gasteiger partial charge on any atom is 0.151 e. The second-order valence-electron chi connectivity index (χ2n) is 12.6. The van der Waals surface area contributed by atoms with Gasteiger partial charge in [-0.3, -0.25) is 4.90 Å². The van der Waals surface area contributed by atoms with Crippen LogP contribution in [0.1, 0.15) is 24.0 Å². The number of aliphatic imine (C=N–C) groups is 1. The molecule has 0 saturated carbocycles. The Hall–Kier alpha value is -5.32. The van der Waals surface area contributed by atoms with Gasteiger partial charge in [-0.1, -0.05) is 116 Å². The van der Waals surface area contributed by atoms with Gasteiger partial charge >= 0.3 is 0 Å². The molecule has 4 aliphatic rings. The summed E-state index contributed by atoms with van der Waals surface area (Å²) in [5, 5.41) is 5.00. The zero-order chi connectivity index (χ0) is 30.4. The number of fused-ring (bicyclic) bond motifs is 9. The minimum absolute atomic E-state index is 0.171. The summed E-state index contributed by atoms with van der Waals surface area (Å²) in [4.78, 5) is 10.6. The van der Waals surface area contributed by atoms with E-state index in [0.717, 1.165) is 40.0 Å². The van der Waals surface area contributed by atoms with E-state index in [4.69, 9.17) is 9.73 Å². The smallest absolute Gasteiger partial charge is 0.151 e. The SMILES string of the molecule is CC12C=C(N3c4ccccc4Oc4ccccc43)N=C(c3ccc4ccccc4c3)C1=CC=C1Sc3cc4ccccc4cc3C12. The van der Waals surface area contributed by atoms with Gasteiger partial charge in [0.25, 0.3) is 0 Å². The Kier molecular flexibility index (Phi) is 5.41. The second-order valence-corrected chi connectivity index (χ2v) is 13.7. The van der Waals surface area contributed by atoms with Crippen molar-refractivity contribution in [3.8, 4) is 11.5 Å². The maximum atomic E-state index is 6.41. The molecule has 218 valence electrons. The van der Waals surface area contributed by atoms with Gasteiger partial charge in [0.1, 0.15) is 5.82 Å². The van der Waals surface area contributed by atoms with Crippen LogP contribution in [0.15, 0.2) is 172 Å². The number of hydrogen-bond acceptors (Lipinski definition) is 4. The second kappa shape index (κ2) is 9.59. The van der Waals surface area contributed by atoms with Gasteiger partial charge in [-0.25, -0.2) is 4.99 Å². The quantitative estimate of drug-likeness (QED) is 0.195. The zero-order valence-electron chi connectivity index (χ0n) is 25.1. The van der Waals surface area contributed by atoms with E-state index < -0.39 is 0 Å². The van der Waals surface area contributed by atoms with E-state index in [9.17, 15) is 0 Å². The summed E-state index contributed by atoms with van der Waals surface area (Å²) in [7, 11) is 0. The molecule has 0 amide bonds. The zero-order valence-corrected chi connectivity index (χ0v) is 26.0. The molecule has 2 unspecified atom stereocenters. The molecule has 0 spiro atoms. The fraction of sp³-hybridized carbons (Fsp3) is 0.0714. The number of anilines is 2. The van der Waals surface area contributed by atoms with Crippen molar-refractivity contribution in [2.45, 2.75) is 17.7 Å². The van der Waals surface area contributed by atoms with Gasteiger partial charge in [-0.05, 0) is 86.1 Å². The molecule has 0 N–H and O–H groups in total. The molecule has 2 atom stereocenters. The molecule has 0 saturated heterocycles. The molecule has 3 aliphatic heterocycles. The Balaban J connectivity index is 1.23. The first kappa shape index (κ1) is 26.0. The lowest BCUT2D eigenvalue weighted by Gasteiger charge is -2.44. The van der Waals surface area contributed by atoms with Gasteiger partial charge < -0.3 is 4.74 Å². The van der Waals surface area contributed by atoms with Crippen LogP contribution in [-0.2, 0) is 0 Å². The Labute approximate surface area is 271 Å². The van der Waals surface area contributed by atoms with E-state index in [1.54, 1.807) is 0 Å². The lowest BCUT2D eigenvalue weighted by atomic mass is 9.63. The fourth-order valence-corrected chi connectivity index (χ4v) is 9.09. The van der Waals surface area contributed by atoms with Crippen LogP contribution in [0.2, 0.25) is 0 Å². The predicted octanol–water partition coefficient (Wildman–Crippen LogP) is 11.3. The first-order chi connectivity index (χ1) is 22.6. The fourth-order valence-electron chi connectivity index (χ4n) is 7.73. The minimum atomic E-state index is -0.356. The van der Waals surface area contributed by atoms with E-state index in [1.165, 1.54) is 42.5 Å². The summed E-state index contributed by atoms with van der Waals surface area (Å²) in [5.41, 5.74) is 6.40. The average Bonchev–Trinajstić information content (AvgIpc) is 3.47. The Morgan fingerprint density at radius 1 is 0.674 bits per heavy atom. The van der Waals surface area contributed by atoms with Crippen LogP contribution in [-0.4, -0.2) is 5.71 Å². The number of thioether (sulfide) groups is 1. The molecule has 3 nitrogen and oxygen atoms in total. The molecule has 10 rings (SSSR count). The lowest BCUT2D eigenvalue weighted by molar-refractivity contribution is 0.452. The van der Waals surface area contributed by atoms with E-state index in [-0.39, 0.29) is 11.3 Å². The van der Waals surface area contributed by atoms with Crippen LogP contribution in [0.4, 0.5) is 11.4 Å². The van der Waals surface area contributed by atoms with Crippen molar-refractivity contribution in [3.05, 3.63) is 173 Å². The molecule has 0 fully saturated rings. The highest BCUT2D eigenvalue weighted by Crippen LogP contribution is 2.63. The van der Waals surface area contributed by atoms with Crippen molar-refractivity contribution in [1.29, 1.82) is 0 Å². The maximum absolute atomic E-state index is 6.41. The standard InChI is InChI=1S/C42H28N2OS/c1-42-25-39(44-33-14-6-8-16-35(33)45-36-17-9-7-15-34(36)44)43-41(30-19-18-26-10-2-3-11-27(26)22-30)32(42)20-21-37-40(42)31-23-28-12-4-5-13-29(28)24-38(31)46-37/h2-25,40H,1H3. The third-order valence-corrected chi connectivity index (χ3v) is 11.1. The van der Waals surface area contributed by atoms with Crippen LogP contribution < -0.4 is 9.64 Å². The summed E-state index contributed by atoms with van der Waals surface area (Å²) in [5.74, 6) is 2.73. The summed E-state index contributed by atoms with van der Waals surface area (Å²) < 4.78 is 6.41. The summed E-state index contributed by atoms with van der Waals surface area (Å²) in [6.07, 6.45) is 7.09. The summed E-state index contributed by atoms with van der Waals surface area (Å²) in [6.45, 7) is 2.41. The number of allylic oxidation sites excluding steroid dienone is 5. The highest BCUT2D eigenvalue weighted by Gasteiger charge is 2.49. The normalized spacial score (nSPS) is 20.7. The van der Waals surface area contributed by atoms with Crippen LogP contribution in [0, 0.1) is 5.41 Å². The van der Waals surface area contributed by atoms with E-state index >= 15 is 0 Å². The van der Waals surface area contributed by atoms with Crippen LogP contribution in [0.5, 0.6) is 11.5 Å². The van der Waals surface area contributed by atoms with Crippen molar-refractivity contribution in [2.75, 3.05) is 4.90 Å². The molecule has 4 heteroatoms. The molecule has 1 aliphatic carbocycles. The lowest BCUT2D eigenvalue weighted by Crippen LogP contribution is -2.36. The van der Waals surface area contributed by atoms with E-state index in [2.05, 4.69) is 133 Å². The van der Waals surface area contributed by atoms with Crippen LogP contribution in [0.25, 0.3) is 21.5 Å². The van der Waals surface area contributed by atoms with Gasteiger partial charge in [0.2, 0.25) is 0 Å². The number of hydrogen-bond donors (Lipinski definition) is 0. The highest BCUT2D eigenvalue weighted by atomic mass is 32.2. The van der Waals surface area contributed by atoms with Crippen molar-refractivity contribution in [1.82, 2.24) is 0 Å². The van der Waals surface area contributed by atoms with Crippen molar-refractivity contribution < 1.29 is 4.74 Å². The van der Waals surface area contributed by atoms with Gasteiger partial charge in [-0.2, -0.15) is 0 Å². The largest absolute Gasteiger partial charge is 0.453 e. The van der Waals surface area contributed by atoms with Crippen molar-refractivity contribution >= 4 is 50.4 Å². The number of ether oxygens (including phenoxy) is 1. The number of rotatable bonds is 2. The molecule has 0 radical (unpaired) electrons. The molecular weight excluding hydrogens is 581 g/mol. The van der Waals surface area contributed by atoms with E-state index in [1.807, 2.05) is 36.0 Å². The topological polar surface area (TPSA) is 24.8 Å². The number of para-hydroxylation sites is 4. The molecule has 0 bridgehead atoms. The first-order valence-corrected chi connectivity index (χ1v) is 16.6. The molecule has 6 aromatic rings. The minimum Gasteiger partial charge on any atom is -0.453 e. The van der Waals surface area contributed by atoms with Crippen molar-refractivity contribution in [2.24, 2.45) is 10.4 Å². The van der Waals surface area contributed by atoms with Gasteiger partial charge in [0, 0.05) is 21.8 Å². The average molecular weight is 609 g/mol. The summed E-state index contributed by atoms with van der Waals surface area (Å²) >= 11 is 1.92. The molecule has 6 aromatic carbocycles. The molecule has 46 heavy (non-hydrogen) atoms. The number of nitrogens with zero attached hydrogens (tertiary/aromatic N) is 2. The Bertz CT molecular complexity index is 2370. The Morgan fingerprint density at radius 2 is 1.30 bits per heavy atom. The highest BCUT2D eigenvalue weighted by molar-refractivity contribution is 8.03. The van der Waals surface area contributed by atoms with Crippen molar-refractivity contribution in [3.63, 3.8) is 0 Å². The van der Waals surface area contributed by atoms with Gasteiger partial charge in [-0.15, -0.1) is 0 Å². The van der Waals surface area contributed by atoms with Crippen LogP contribution >= 0.6 is 11.8 Å². The Morgan fingerprint density at radius 3 is 2.04 bits per heavy atom. The van der Waals surface area contributed by atoms with Gasteiger partial charge in [0.15, 0.2) is 11.5 Å². The molecule has 0 aromatic heterocycles. The predicted molar refractivity (Wildman–Crippen MR) is 190 cm³/mol. The third kappa shape index (κ3) is 3.71. The first-order valence-electron chi connectivity index (χ1n) is 15.7. The monoisotopic (exact) mass is 608 g/mol. The van der Waals surface area contributed by atoms with E-state index in [0.29, 0.717) is 0 Å². The summed E-state index contributed by atoms with van der Waals surface area (Å²) in [6, 6.07) is 45.4.